The van der Waals surface area contributed by atoms with Crippen molar-refractivity contribution in [2.45, 2.75) is 84.5 Å². The number of carbonyl (C=O) groups excluding carboxylic acids is 1. The number of unbranched alkanes of at least 4 members (excludes halogenated alkanes) is 9. The molecule has 1 unspecified atom stereocenters. The lowest BCUT2D eigenvalue weighted by Gasteiger charge is -2.01. The van der Waals surface area contributed by atoms with Crippen LogP contribution >= 0.6 is 8.03 Å². The second-order valence-electron chi connectivity index (χ2n) is 5.77. The molecule has 0 saturated heterocycles. The second kappa shape index (κ2) is 16.9. The Labute approximate surface area is 137 Å². The van der Waals surface area contributed by atoms with Gasteiger partial charge in [-0.25, -0.2) is 0 Å². The van der Waals surface area contributed by atoms with Gasteiger partial charge in [-0.15, -0.1) is 4.52 Å². The summed E-state index contributed by atoms with van der Waals surface area (Å²) < 4.78 is 21.6. The minimum Gasteiger partial charge on any atom is -0.466 e. The van der Waals surface area contributed by atoms with Crippen LogP contribution in [0.3, 0.4) is 0 Å². The number of hydrogen-bond donors (Lipinski definition) is 0. The molecule has 0 aromatic rings. The van der Waals surface area contributed by atoms with Gasteiger partial charge in [0.15, 0.2) is 6.16 Å². The molecule has 0 aliphatic heterocycles. The molecule has 130 valence electrons. The van der Waals surface area contributed by atoms with Gasteiger partial charge in [-0.3, -0.25) is 4.79 Å². The third-order valence-electron chi connectivity index (χ3n) is 3.52. The molecule has 0 fully saturated rings. The maximum absolute atomic E-state index is 11.5. The summed E-state index contributed by atoms with van der Waals surface area (Å²) in [6.07, 6.45) is 13.9. The second-order valence-corrected chi connectivity index (χ2v) is 7.14. The lowest BCUT2D eigenvalue weighted by Crippen LogP contribution is -2.01. The van der Waals surface area contributed by atoms with E-state index >= 15 is 0 Å². The van der Waals surface area contributed by atoms with Gasteiger partial charge in [-0.2, -0.15) is 0 Å². The van der Waals surface area contributed by atoms with Crippen LogP contribution in [0, 0.1) is 0 Å². The van der Waals surface area contributed by atoms with Crippen LogP contribution in [0.2, 0.25) is 0 Å². The Kier molecular flexibility index (Phi) is 16.5. The molecule has 22 heavy (non-hydrogen) atoms. The first-order chi connectivity index (χ1) is 10.7. The van der Waals surface area contributed by atoms with Crippen LogP contribution in [0.5, 0.6) is 0 Å². The predicted molar refractivity (Wildman–Crippen MR) is 91.5 cm³/mol. The molecule has 0 bridgehead atoms. The number of carbonyl (C=O) groups is 1. The van der Waals surface area contributed by atoms with Gasteiger partial charge in [-0.05, 0) is 11.0 Å². The number of rotatable bonds is 16. The number of ether oxygens (including phenoxy) is 1. The molecule has 0 aliphatic rings. The zero-order valence-electron chi connectivity index (χ0n) is 14.5. The van der Waals surface area contributed by atoms with Crippen LogP contribution in [-0.4, -0.2) is 25.3 Å². The maximum atomic E-state index is 11.5. The van der Waals surface area contributed by atoms with E-state index in [9.17, 15) is 9.36 Å². The zero-order valence-corrected chi connectivity index (χ0v) is 15.4. The van der Waals surface area contributed by atoms with Crippen molar-refractivity contribution >= 4 is 14.0 Å². The van der Waals surface area contributed by atoms with Gasteiger partial charge >= 0.3 is 14.0 Å². The SMILES string of the molecule is CCCCCCCCCCCCO[P+](=O)CCCOC(C)=O. The minimum absolute atomic E-state index is 0.290. The molecule has 0 radical (unpaired) electrons. The molecule has 0 amide bonds. The third kappa shape index (κ3) is 17.6. The summed E-state index contributed by atoms with van der Waals surface area (Å²) >= 11 is 0. The maximum Gasteiger partial charge on any atom is 0.508 e. The first-order valence-corrected chi connectivity index (χ1v) is 10.2. The molecule has 1 atom stereocenters. The molecular formula is C17H34O4P+. The van der Waals surface area contributed by atoms with E-state index in [1.807, 2.05) is 0 Å². The van der Waals surface area contributed by atoms with Gasteiger partial charge < -0.3 is 4.74 Å². The van der Waals surface area contributed by atoms with Crippen LogP contribution in [-0.2, 0) is 18.6 Å². The van der Waals surface area contributed by atoms with Crippen LogP contribution in [0.1, 0.15) is 84.5 Å². The summed E-state index contributed by atoms with van der Waals surface area (Å²) in [5, 5.41) is 0. The monoisotopic (exact) mass is 333 g/mol. The Balaban J connectivity index is 3.15. The number of esters is 1. The summed E-state index contributed by atoms with van der Waals surface area (Å²) in [5.41, 5.74) is 0. The lowest BCUT2D eigenvalue weighted by atomic mass is 10.1. The van der Waals surface area contributed by atoms with Gasteiger partial charge in [0.25, 0.3) is 0 Å². The Bertz CT molecular complexity index is 282. The van der Waals surface area contributed by atoms with E-state index in [0.717, 1.165) is 12.8 Å². The van der Waals surface area contributed by atoms with Gasteiger partial charge in [0.1, 0.15) is 6.61 Å². The Morgan fingerprint density at radius 2 is 1.36 bits per heavy atom. The molecule has 0 N–H and O–H groups in total. The molecule has 0 heterocycles. The Hall–Kier alpha value is -0.470. The van der Waals surface area contributed by atoms with Gasteiger partial charge in [0.2, 0.25) is 0 Å². The molecule has 0 aromatic heterocycles. The van der Waals surface area contributed by atoms with Crippen molar-refractivity contribution in [3.8, 4) is 0 Å². The highest BCUT2D eigenvalue weighted by atomic mass is 31.1. The van der Waals surface area contributed by atoms with Gasteiger partial charge in [0.05, 0.1) is 6.61 Å². The Morgan fingerprint density at radius 3 is 1.91 bits per heavy atom. The zero-order chi connectivity index (χ0) is 16.5. The highest BCUT2D eigenvalue weighted by Gasteiger charge is 2.16. The molecule has 0 rings (SSSR count). The third-order valence-corrected chi connectivity index (χ3v) is 4.68. The summed E-state index contributed by atoms with van der Waals surface area (Å²) in [6.45, 7) is 4.54. The first-order valence-electron chi connectivity index (χ1n) is 8.87. The molecule has 0 aromatic carbocycles. The molecule has 0 aliphatic carbocycles. The van der Waals surface area contributed by atoms with E-state index in [1.165, 1.54) is 58.3 Å². The van der Waals surface area contributed by atoms with E-state index in [-0.39, 0.29) is 5.97 Å². The molecule has 0 saturated carbocycles. The fourth-order valence-corrected chi connectivity index (χ4v) is 3.08. The van der Waals surface area contributed by atoms with E-state index in [0.29, 0.717) is 25.8 Å². The van der Waals surface area contributed by atoms with Crippen LogP contribution < -0.4 is 0 Å². The topological polar surface area (TPSA) is 52.6 Å². The fourth-order valence-electron chi connectivity index (χ4n) is 2.23. The average Bonchev–Trinajstić information content (AvgIpc) is 2.49. The predicted octanol–water partition coefficient (Wildman–Crippen LogP) is 5.62. The first kappa shape index (κ1) is 21.5. The average molecular weight is 333 g/mol. The summed E-state index contributed by atoms with van der Waals surface area (Å²) in [7, 11) is -1.59. The van der Waals surface area contributed by atoms with Crippen LogP contribution in [0.4, 0.5) is 0 Å². The van der Waals surface area contributed by atoms with Crippen molar-refractivity contribution in [1.29, 1.82) is 0 Å². The van der Waals surface area contributed by atoms with E-state index in [2.05, 4.69) is 6.92 Å². The van der Waals surface area contributed by atoms with Crippen LogP contribution in [0.15, 0.2) is 0 Å². The molecule has 5 heteroatoms. The smallest absolute Gasteiger partial charge is 0.466 e. The fraction of sp³-hybridized carbons (Fsp3) is 0.941. The quantitative estimate of drug-likeness (QED) is 0.209. The summed E-state index contributed by atoms with van der Waals surface area (Å²) in [6, 6.07) is 0. The van der Waals surface area contributed by atoms with Crippen molar-refractivity contribution in [2.75, 3.05) is 19.4 Å². The standard InChI is InChI=1S/C17H34O4P/c1-3-4-5-6-7-8-9-10-11-12-15-21-22(19)16-13-14-20-17(2)18/h3-16H2,1-2H3/q+1. The van der Waals surface area contributed by atoms with Crippen molar-refractivity contribution in [1.82, 2.24) is 0 Å². The minimum atomic E-state index is -1.59. The highest BCUT2D eigenvalue weighted by Crippen LogP contribution is 2.23. The van der Waals surface area contributed by atoms with E-state index < -0.39 is 8.03 Å². The highest BCUT2D eigenvalue weighted by molar-refractivity contribution is 7.39. The largest absolute Gasteiger partial charge is 0.508 e. The van der Waals surface area contributed by atoms with Crippen LogP contribution in [0.25, 0.3) is 0 Å². The molecule has 4 nitrogen and oxygen atoms in total. The van der Waals surface area contributed by atoms with Crippen molar-refractivity contribution in [2.24, 2.45) is 0 Å². The molecule has 0 spiro atoms. The summed E-state index contributed by atoms with van der Waals surface area (Å²) in [5.74, 6) is -0.290. The van der Waals surface area contributed by atoms with Crippen molar-refractivity contribution in [3.63, 3.8) is 0 Å². The Morgan fingerprint density at radius 1 is 0.818 bits per heavy atom. The normalized spacial score (nSPS) is 11.5. The van der Waals surface area contributed by atoms with Gasteiger partial charge in [0, 0.05) is 13.3 Å². The van der Waals surface area contributed by atoms with Gasteiger partial charge in [-0.1, -0.05) is 64.7 Å². The lowest BCUT2D eigenvalue weighted by molar-refractivity contribution is -0.140. The van der Waals surface area contributed by atoms with Crippen molar-refractivity contribution in [3.05, 3.63) is 0 Å². The molecular weight excluding hydrogens is 299 g/mol. The van der Waals surface area contributed by atoms with E-state index in [4.69, 9.17) is 9.26 Å². The number of hydrogen-bond acceptors (Lipinski definition) is 4. The van der Waals surface area contributed by atoms with E-state index in [1.54, 1.807) is 0 Å². The summed E-state index contributed by atoms with van der Waals surface area (Å²) in [4.78, 5) is 10.5. The van der Waals surface area contributed by atoms with Crippen molar-refractivity contribution < 1.29 is 18.6 Å².